The van der Waals surface area contributed by atoms with Crippen LogP contribution < -0.4 is 15.3 Å². The number of hydrazone groups is 1. The summed E-state index contributed by atoms with van der Waals surface area (Å²) in [6, 6.07) is 10.5. The molecule has 1 heterocycles. The molecule has 32 heavy (non-hydrogen) atoms. The molecule has 6 nitrogen and oxygen atoms in total. The standard InChI is InChI=1S/C22H24F3N3O3S/c1-4-30-21(29)12-31-20-10-9-18(11-14(20)2)32-13-19-15(3)26-28(27-19)17-7-5-16(6-8-17)22(23,24)25/h5-11,19,27H,4,12-13H2,1-3H3. The highest BCUT2D eigenvalue weighted by Crippen LogP contribution is 2.31. The van der Waals surface area contributed by atoms with Crippen molar-refractivity contribution in [3.63, 3.8) is 0 Å². The fourth-order valence-corrected chi connectivity index (χ4v) is 4.07. The maximum Gasteiger partial charge on any atom is 0.416 e. The van der Waals surface area contributed by atoms with Gasteiger partial charge in [0.15, 0.2) is 6.61 Å². The minimum Gasteiger partial charge on any atom is -0.482 e. The fourth-order valence-electron chi connectivity index (χ4n) is 2.97. The van der Waals surface area contributed by atoms with Gasteiger partial charge in [-0.05, 0) is 68.8 Å². The summed E-state index contributed by atoms with van der Waals surface area (Å²) in [5.74, 6) is 0.882. The first-order valence-corrected chi connectivity index (χ1v) is 11.0. The SMILES string of the molecule is CCOC(=O)COc1ccc(SCC2NN(c3ccc(C(F)(F)F)cc3)N=C2C)cc1C. The zero-order valence-electron chi connectivity index (χ0n) is 17.9. The Hall–Kier alpha value is -2.72. The molecule has 0 bridgehead atoms. The average molecular weight is 468 g/mol. The van der Waals surface area contributed by atoms with Crippen molar-refractivity contribution in [3.05, 3.63) is 53.6 Å². The minimum atomic E-state index is -4.37. The van der Waals surface area contributed by atoms with E-state index in [4.69, 9.17) is 9.47 Å². The van der Waals surface area contributed by atoms with Gasteiger partial charge in [-0.15, -0.1) is 11.8 Å². The number of aryl methyl sites for hydroxylation is 1. The van der Waals surface area contributed by atoms with Crippen LogP contribution in [-0.2, 0) is 15.7 Å². The van der Waals surface area contributed by atoms with Gasteiger partial charge in [0.05, 0.1) is 29.6 Å². The van der Waals surface area contributed by atoms with Crippen molar-refractivity contribution in [3.8, 4) is 5.75 Å². The van der Waals surface area contributed by atoms with Crippen molar-refractivity contribution in [2.24, 2.45) is 5.10 Å². The van der Waals surface area contributed by atoms with Gasteiger partial charge in [0.25, 0.3) is 0 Å². The molecule has 1 atom stereocenters. The Balaban J connectivity index is 1.54. The first-order chi connectivity index (χ1) is 15.2. The highest BCUT2D eigenvalue weighted by molar-refractivity contribution is 7.99. The van der Waals surface area contributed by atoms with Crippen molar-refractivity contribution in [1.29, 1.82) is 0 Å². The van der Waals surface area contributed by atoms with Gasteiger partial charge in [-0.3, -0.25) is 0 Å². The van der Waals surface area contributed by atoms with E-state index in [0.717, 1.165) is 28.3 Å². The van der Waals surface area contributed by atoms with Crippen LogP contribution in [0.2, 0.25) is 0 Å². The molecule has 1 unspecified atom stereocenters. The summed E-state index contributed by atoms with van der Waals surface area (Å²) in [6.07, 6.45) is -4.37. The molecule has 0 saturated heterocycles. The number of nitrogens with zero attached hydrogens (tertiary/aromatic N) is 2. The molecular formula is C22H24F3N3O3S. The Morgan fingerprint density at radius 2 is 1.91 bits per heavy atom. The number of esters is 1. The van der Waals surface area contributed by atoms with Crippen LogP contribution in [0.5, 0.6) is 5.75 Å². The Bertz CT molecular complexity index is 981. The van der Waals surface area contributed by atoms with E-state index in [1.165, 1.54) is 17.3 Å². The number of alkyl halides is 3. The van der Waals surface area contributed by atoms with E-state index in [2.05, 4.69) is 10.5 Å². The first-order valence-electron chi connectivity index (χ1n) is 9.98. The third kappa shape index (κ3) is 6.17. The summed E-state index contributed by atoms with van der Waals surface area (Å²) in [4.78, 5) is 12.5. The van der Waals surface area contributed by atoms with Crippen LogP contribution in [0.15, 0.2) is 52.5 Å². The molecule has 10 heteroatoms. The van der Waals surface area contributed by atoms with Crippen molar-refractivity contribution in [2.45, 2.75) is 37.9 Å². The van der Waals surface area contributed by atoms with E-state index in [9.17, 15) is 18.0 Å². The first kappa shape index (κ1) is 23.9. The van der Waals surface area contributed by atoms with E-state index in [0.29, 0.717) is 23.8 Å². The van der Waals surface area contributed by atoms with Gasteiger partial charge in [0.2, 0.25) is 0 Å². The summed E-state index contributed by atoms with van der Waals surface area (Å²) in [6.45, 7) is 5.69. The molecule has 1 aliphatic rings. The van der Waals surface area contributed by atoms with Crippen LogP contribution in [0, 0.1) is 6.92 Å². The Morgan fingerprint density at radius 3 is 2.53 bits per heavy atom. The number of halogens is 3. The second-order valence-corrected chi connectivity index (χ2v) is 8.20. The molecule has 1 aliphatic heterocycles. The summed E-state index contributed by atoms with van der Waals surface area (Å²) in [7, 11) is 0. The van der Waals surface area contributed by atoms with E-state index in [-0.39, 0.29) is 12.6 Å². The summed E-state index contributed by atoms with van der Waals surface area (Å²) < 4.78 is 48.6. The average Bonchev–Trinajstić information content (AvgIpc) is 3.12. The number of thioether (sulfide) groups is 1. The number of hydrogen-bond acceptors (Lipinski definition) is 7. The lowest BCUT2D eigenvalue weighted by molar-refractivity contribution is -0.145. The second-order valence-electron chi connectivity index (χ2n) is 7.11. The van der Waals surface area contributed by atoms with Gasteiger partial charge in [0, 0.05) is 10.6 Å². The number of carbonyl (C=O) groups is 1. The van der Waals surface area contributed by atoms with Crippen molar-refractivity contribution in [1.82, 2.24) is 5.43 Å². The number of benzene rings is 2. The number of anilines is 1. The molecule has 0 aromatic heterocycles. The molecule has 0 aliphatic carbocycles. The third-order valence-electron chi connectivity index (χ3n) is 4.69. The highest BCUT2D eigenvalue weighted by Gasteiger charge is 2.31. The summed E-state index contributed by atoms with van der Waals surface area (Å²) >= 11 is 1.61. The van der Waals surface area contributed by atoms with Crippen LogP contribution in [0.1, 0.15) is 25.0 Å². The van der Waals surface area contributed by atoms with E-state index in [1.807, 2.05) is 32.0 Å². The van der Waals surface area contributed by atoms with Crippen molar-refractivity contribution in [2.75, 3.05) is 24.1 Å². The molecule has 3 rings (SSSR count). The number of rotatable bonds is 8. The smallest absolute Gasteiger partial charge is 0.416 e. The molecule has 2 aromatic rings. The number of nitrogens with one attached hydrogen (secondary N) is 1. The molecule has 0 amide bonds. The Kier molecular flexibility index (Phi) is 7.68. The zero-order valence-corrected chi connectivity index (χ0v) is 18.7. The predicted molar refractivity (Wildman–Crippen MR) is 118 cm³/mol. The van der Waals surface area contributed by atoms with Gasteiger partial charge < -0.3 is 9.47 Å². The second kappa shape index (κ2) is 10.3. The molecule has 0 fully saturated rings. The van der Waals surface area contributed by atoms with Crippen LogP contribution in [0.4, 0.5) is 18.9 Å². The lowest BCUT2D eigenvalue weighted by Gasteiger charge is -2.18. The molecule has 2 aromatic carbocycles. The maximum atomic E-state index is 12.8. The lowest BCUT2D eigenvalue weighted by Crippen LogP contribution is -2.39. The number of ether oxygens (including phenoxy) is 2. The van der Waals surface area contributed by atoms with Gasteiger partial charge in [0.1, 0.15) is 5.75 Å². The van der Waals surface area contributed by atoms with E-state index in [1.54, 1.807) is 18.7 Å². The topological polar surface area (TPSA) is 63.2 Å². The predicted octanol–water partition coefficient (Wildman–Crippen LogP) is 4.82. The lowest BCUT2D eigenvalue weighted by atomic mass is 10.2. The normalized spacial score (nSPS) is 16.1. The minimum absolute atomic E-state index is 0.0673. The Labute approximate surface area is 188 Å². The molecule has 0 saturated carbocycles. The van der Waals surface area contributed by atoms with E-state index >= 15 is 0 Å². The zero-order chi connectivity index (χ0) is 23.3. The number of hydrazine groups is 1. The van der Waals surface area contributed by atoms with Crippen LogP contribution in [-0.4, -0.2) is 36.7 Å². The molecule has 0 spiro atoms. The monoisotopic (exact) mass is 467 g/mol. The van der Waals surface area contributed by atoms with Crippen LogP contribution >= 0.6 is 11.8 Å². The van der Waals surface area contributed by atoms with Gasteiger partial charge >= 0.3 is 12.1 Å². The van der Waals surface area contributed by atoms with Crippen molar-refractivity contribution >= 4 is 29.1 Å². The number of carbonyl (C=O) groups excluding carboxylic acids is 1. The quantitative estimate of drug-likeness (QED) is 0.444. The van der Waals surface area contributed by atoms with Crippen LogP contribution in [0.25, 0.3) is 0 Å². The highest BCUT2D eigenvalue weighted by atomic mass is 32.2. The van der Waals surface area contributed by atoms with Gasteiger partial charge in [-0.2, -0.15) is 23.4 Å². The fraction of sp³-hybridized carbons (Fsp3) is 0.364. The molecule has 172 valence electrons. The van der Waals surface area contributed by atoms with E-state index < -0.39 is 17.7 Å². The maximum absolute atomic E-state index is 12.8. The molecular weight excluding hydrogens is 443 g/mol. The summed E-state index contributed by atoms with van der Waals surface area (Å²) in [5, 5.41) is 5.91. The molecule has 1 N–H and O–H groups in total. The Morgan fingerprint density at radius 1 is 1.19 bits per heavy atom. The van der Waals surface area contributed by atoms with Gasteiger partial charge in [-0.25, -0.2) is 10.2 Å². The largest absolute Gasteiger partial charge is 0.482 e. The van der Waals surface area contributed by atoms with Crippen LogP contribution in [0.3, 0.4) is 0 Å². The third-order valence-corrected chi connectivity index (χ3v) is 5.78. The summed E-state index contributed by atoms with van der Waals surface area (Å²) in [5.41, 5.74) is 4.78. The van der Waals surface area contributed by atoms with Crippen molar-refractivity contribution < 1.29 is 27.4 Å². The van der Waals surface area contributed by atoms with Gasteiger partial charge in [-0.1, -0.05) is 0 Å². The molecule has 0 radical (unpaired) electrons. The number of hydrogen-bond donors (Lipinski definition) is 1.